The van der Waals surface area contributed by atoms with Crippen molar-refractivity contribution >= 4 is 29.1 Å². The molecule has 1 aliphatic heterocycles. The van der Waals surface area contributed by atoms with E-state index in [9.17, 15) is 27.6 Å². The summed E-state index contributed by atoms with van der Waals surface area (Å²) in [6.45, 7) is -0.194. The molecule has 8 nitrogen and oxygen atoms in total. The van der Waals surface area contributed by atoms with E-state index in [-0.39, 0.29) is 37.2 Å². The van der Waals surface area contributed by atoms with Crippen LogP contribution < -0.4 is 21.3 Å². The highest BCUT2D eigenvalue weighted by Crippen LogP contribution is 2.38. The molecule has 1 aromatic rings. The Morgan fingerprint density at radius 2 is 2.00 bits per heavy atom. The molecule has 2 fully saturated rings. The zero-order valence-corrected chi connectivity index (χ0v) is 15.4. The van der Waals surface area contributed by atoms with Crippen molar-refractivity contribution in [3.8, 4) is 0 Å². The third-order valence-electron chi connectivity index (χ3n) is 4.90. The Morgan fingerprint density at radius 1 is 1.28 bits per heavy atom. The Kier molecular flexibility index (Phi) is 6.08. The first-order chi connectivity index (χ1) is 13.7. The number of nitrogens with two attached hydrogens (primary N) is 1. The van der Waals surface area contributed by atoms with E-state index in [1.807, 2.05) is 0 Å². The molecule has 1 saturated carbocycles. The van der Waals surface area contributed by atoms with Gasteiger partial charge < -0.3 is 20.7 Å². The molecule has 29 heavy (non-hydrogen) atoms. The standard InChI is InChI=1S/C18H21F3N4O4/c19-18(20,21)12-8-11(4-5-13(12)25-6-7-29-9-14(25)26)24-17(28)15(16(22)27)23-10-2-1-3-10/h4-5,8,10,15,23H,1-3,6-7,9H2,(H2,22,27)(H,24,28)/t15-/m0/s1. The summed E-state index contributed by atoms with van der Waals surface area (Å²) in [5.41, 5.74) is 3.70. The van der Waals surface area contributed by atoms with E-state index in [2.05, 4.69) is 10.6 Å². The minimum Gasteiger partial charge on any atom is -0.370 e. The second-order valence-corrected chi connectivity index (χ2v) is 6.95. The van der Waals surface area contributed by atoms with E-state index in [4.69, 9.17) is 10.5 Å². The number of carbonyl (C=O) groups excluding carboxylic acids is 3. The van der Waals surface area contributed by atoms with E-state index < -0.39 is 35.5 Å². The number of morpholine rings is 1. The van der Waals surface area contributed by atoms with Crippen LogP contribution in [-0.4, -0.2) is 49.6 Å². The summed E-state index contributed by atoms with van der Waals surface area (Å²) < 4.78 is 45.7. The molecule has 11 heteroatoms. The van der Waals surface area contributed by atoms with Crippen molar-refractivity contribution in [1.29, 1.82) is 0 Å². The van der Waals surface area contributed by atoms with Gasteiger partial charge in [-0.1, -0.05) is 6.42 Å². The summed E-state index contributed by atoms with van der Waals surface area (Å²) in [5, 5.41) is 5.11. The van der Waals surface area contributed by atoms with Crippen molar-refractivity contribution in [1.82, 2.24) is 5.32 Å². The van der Waals surface area contributed by atoms with Crippen molar-refractivity contribution in [2.45, 2.75) is 37.5 Å². The number of amides is 3. The van der Waals surface area contributed by atoms with Crippen LogP contribution in [0.2, 0.25) is 0 Å². The highest BCUT2D eigenvalue weighted by molar-refractivity contribution is 6.09. The second-order valence-electron chi connectivity index (χ2n) is 6.95. The van der Waals surface area contributed by atoms with Crippen LogP contribution >= 0.6 is 0 Å². The molecular weight excluding hydrogens is 393 g/mol. The number of benzene rings is 1. The van der Waals surface area contributed by atoms with E-state index in [0.717, 1.165) is 36.3 Å². The lowest BCUT2D eigenvalue weighted by Crippen LogP contribution is -2.54. The van der Waals surface area contributed by atoms with Crippen LogP contribution in [-0.2, 0) is 25.3 Å². The molecule has 0 unspecified atom stereocenters. The fourth-order valence-electron chi connectivity index (χ4n) is 3.16. The number of primary amides is 1. The Morgan fingerprint density at radius 3 is 2.55 bits per heavy atom. The molecule has 1 saturated heterocycles. The molecule has 1 heterocycles. The van der Waals surface area contributed by atoms with Gasteiger partial charge in [0.2, 0.25) is 5.91 Å². The monoisotopic (exact) mass is 414 g/mol. The highest BCUT2D eigenvalue weighted by Gasteiger charge is 2.37. The minimum atomic E-state index is -4.76. The van der Waals surface area contributed by atoms with Gasteiger partial charge in [0.1, 0.15) is 6.61 Å². The maximum Gasteiger partial charge on any atom is 0.418 e. The molecule has 158 valence electrons. The highest BCUT2D eigenvalue weighted by atomic mass is 19.4. The molecule has 2 aliphatic rings. The maximum atomic E-state index is 13.6. The van der Waals surface area contributed by atoms with Crippen molar-refractivity contribution < 1.29 is 32.3 Å². The second kappa shape index (κ2) is 8.37. The van der Waals surface area contributed by atoms with Gasteiger partial charge in [-0.2, -0.15) is 13.2 Å². The number of alkyl halides is 3. The molecule has 4 N–H and O–H groups in total. The normalized spacial score (nSPS) is 18.9. The Balaban J connectivity index is 1.83. The number of nitrogens with zero attached hydrogens (tertiary/aromatic N) is 1. The van der Waals surface area contributed by atoms with Gasteiger partial charge in [0, 0.05) is 18.3 Å². The number of anilines is 2. The largest absolute Gasteiger partial charge is 0.418 e. The summed E-state index contributed by atoms with van der Waals surface area (Å²) in [4.78, 5) is 36.9. The molecule has 0 aromatic heterocycles. The number of ether oxygens (including phenoxy) is 1. The lowest BCUT2D eigenvalue weighted by atomic mass is 9.92. The van der Waals surface area contributed by atoms with E-state index >= 15 is 0 Å². The summed E-state index contributed by atoms with van der Waals surface area (Å²) in [7, 11) is 0. The Bertz CT molecular complexity index is 811. The fourth-order valence-corrected chi connectivity index (χ4v) is 3.16. The van der Waals surface area contributed by atoms with Gasteiger partial charge >= 0.3 is 6.18 Å². The first kappa shape index (κ1) is 21.1. The van der Waals surface area contributed by atoms with Crippen LogP contribution in [0.25, 0.3) is 0 Å². The first-order valence-electron chi connectivity index (χ1n) is 9.12. The molecule has 1 atom stereocenters. The SMILES string of the molecule is NC(=O)[C@H](NC1CCC1)C(=O)Nc1ccc(N2CCOCC2=O)c(C(F)(F)F)c1. The zero-order chi connectivity index (χ0) is 21.2. The number of hydrogen-bond acceptors (Lipinski definition) is 5. The number of carbonyl (C=O) groups is 3. The van der Waals surface area contributed by atoms with Gasteiger partial charge in [-0.25, -0.2) is 0 Å². The molecule has 0 bridgehead atoms. The molecular formula is C18H21F3N4O4. The van der Waals surface area contributed by atoms with Crippen LogP contribution in [0.1, 0.15) is 24.8 Å². The number of halogens is 3. The zero-order valence-electron chi connectivity index (χ0n) is 15.4. The average Bonchev–Trinajstić information content (AvgIpc) is 2.60. The van der Waals surface area contributed by atoms with Crippen LogP contribution in [0, 0.1) is 0 Å². The van der Waals surface area contributed by atoms with Crippen molar-refractivity contribution in [2.24, 2.45) is 5.73 Å². The molecule has 0 radical (unpaired) electrons. The van der Waals surface area contributed by atoms with Gasteiger partial charge in [-0.3, -0.25) is 19.7 Å². The van der Waals surface area contributed by atoms with Crippen LogP contribution in [0.15, 0.2) is 18.2 Å². The van der Waals surface area contributed by atoms with Crippen LogP contribution in [0.3, 0.4) is 0 Å². The van der Waals surface area contributed by atoms with E-state index in [1.165, 1.54) is 6.07 Å². The van der Waals surface area contributed by atoms with Gasteiger partial charge in [0.25, 0.3) is 11.8 Å². The quantitative estimate of drug-likeness (QED) is 0.601. The number of rotatable bonds is 6. The van der Waals surface area contributed by atoms with E-state index in [1.54, 1.807) is 0 Å². The molecule has 0 spiro atoms. The summed E-state index contributed by atoms with van der Waals surface area (Å²) in [6.07, 6.45) is -2.22. The predicted molar refractivity (Wildman–Crippen MR) is 97.0 cm³/mol. The van der Waals surface area contributed by atoms with Gasteiger partial charge in [0.05, 0.1) is 17.9 Å². The van der Waals surface area contributed by atoms with E-state index in [0.29, 0.717) is 0 Å². The lowest BCUT2D eigenvalue weighted by Gasteiger charge is -2.30. The minimum absolute atomic E-state index is 0.0112. The average molecular weight is 414 g/mol. The molecule has 3 amide bonds. The third-order valence-corrected chi connectivity index (χ3v) is 4.90. The fraction of sp³-hybridized carbons (Fsp3) is 0.500. The Labute approximate surface area is 164 Å². The van der Waals surface area contributed by atoms with Crippen molar-refractivity contribution in [3.63, 3.8) is 0 Å². The lowest BCUT2D eigenvalue weighted by molar-refractivity contribution is -0.137. The maximum absolute atomic E-state index is 13.6. The summed E-state index contributed by atoms with van der Waals surface area (Å²) in [5.74, 6) is -2.34. The topological polar surface area (TPSA) is 114 Å². The molecule has 3 rings (SSSR count). The predicted octanol–water partition coefficient (Wildman–Crippen LogP) is 1.00. The number of nitrogens with one attached hydrogen (secondary N) is 2. The summed E-state index contributed by atoms with van der Waals surface area (Å²) >= 11 is 0. The van der Waals surface area contributed by atoms with Gasteiger partial charge in [0.15, 0.2) is 6.04 Å². The summed E-state index contributed by atoms with van der Waals surface area (Å²) in [6, 6.07) is 1.71. The van der Waals surface area contributed by atoms with Crippen LogP contribution in [0.4, 0.5) is 24.5 Å². The number of hydrogen-bond donors (Lipinski definition) is 3. The molecule has 1 aliphatic carbocycles. The first-order valence-corrected chi connectivity index (χ1v) is 9.12. The van der Waals surface area contributed by atoms with Gasteiger partial charge in [-0.15, -0.1) is 0 Å². The third kappa shape index (κ3) is 4.85. The van der Waals surface area contributed by atoms with Crippen LogP contribution in [0.5, 0.6) is 0 Å². The van der Waals surface area contributed by atoms with Crippen molar-refractivity contribution in [2.75, 3.05) is 30.0 Å². The molecule has 1 aromatic carbocycles. The van der Waals surface area contributed by atoms with Crippen molar-refractivity contribution in [3.05, 3.63) is 23.8 Å². The van der Waals surface area contributed by atoms with Gasteiger partial charge in [-0.05, 0) is 31.0 Å². The Hall–Kier alpha value is -2.66. The smallest absolute Gasteiger partial charge is 0.370 e.